The fraction of sp³-hybridized carbons (Fsp3) is 0.286. The molecule has 0 saturated heterocycles. The van der Waals surface area contributed by atoms with Crippen molar-refractivity contribution < 1.29 is 39.9 Å². The highest BCUT2D eigenvalue weighted by molar-refractivity contribution is 5.74. The Morgan fingerprint density at radius 1 is 0.667 bits per heavy atom. The Hall–Kier alpha value is -3.27. The zero-order chi connectivity index (χ0) is 23.4. The molecule has 0 saturated carbocycles. The number of nitrogens with two attached hydrogens (primary N) is 1. The van der Waals surface area contributed by atoms with Crippen molar-refractivity contribution in [2.75, 3.05) is 0 Å². The van der Waals surface area contributed by atoms with Gasteiger partial charge in [0.05, 0.1) is 0 Å². The highest BCUT2D eigenvalue weighted by atomic mass is 16.4. The van der Waals surface area contributed by atoms with Crippen LogP contribution in [0.5, 0.6) is 0 Å². The average Bonchev–Trinajstić information content (AvgIpc) is 2.68. The van der Waals surface area contributed by atoms with Crippen molar-refractivity contribution in [3.63, 3.8) is 0 Å². The van der Waals surface area contributed by atoms with Crippen molar-refractivity contribution in [2.24, 2.45) is 5.73 Å². The van der Waals surface area contributed by atoms with E-state index in [4.69, 9.17) is 31.3 Å². The molecule has 0 aromatic heterocycles. The van der Waals surface area contributed by atoms with E-state index in [9.17, 15) is 14.4 Å². The lowest BCUT2D eigenvalue weighted by atomic mass is 10.1. The number of hydrogen-bond donors (Lipinski definition) is 6. The molecule has 9 nitrogen and oxygen atoms in total. The molecule has 2 rings (SSSR count). The highest BCUT2D eigenvalue weighted by Gasteiger charge is 2.15. The molecule has 2 unspecified atom stereocenters. The van der Waals surface area contributed by atoms with Crippen LogP contribution >= 0.6 is 0 Å². The van der Waals surface area contributed by atoms with Gasteiger partial charge in [-0.1, -0.05) is 59.7 Å². The number of rotatable bonds is 5. The zero-order valence-electron chi connectivity index (χ0n) is 16.9. The quantitative estimate of drug-likeness (QED) is 0.418. The molecular formula is C21H27NO8. The normalized spacial score (nSPS) is 12.7. The molecule has 0 heterocycles. The van der Waals surface area contributed by atoms with E-state index in [1.807, 2.05) is 13.8 Å². The van der Waals surface area contributed by atoms with Crippen LogP contribution in [0.4, 0.5) is 0 Å². The Morgan fingerprint density at radius 3 is 1.07 bits per heavy atom. The molecule has 9 heteroatoms. The van der Waals surface area contributed by atoms with Crippen LogP contribution in [0.1, 0.15) is 41.4 Å². The number of aliphatic hydroxyl groups excluding tert-OH is 2. The second-order valence-corrected chi connectivity index (χ2v) is 6.43. The number of hydrogen-bond acceptors (Lipinski definition) is 6. The van der Waals surface area contributed by atoms with Crippen molar-refractivity contribution in [3.05, 3.63) is 70.8 Å². The van der Waals surface area contributed by atoms with E-state index in [2.05, 4.69) is 0 Å². The van der Waals surface area contributed by atoms with Gasteiger partial charge in [-0.25, -0.2) is 9.59 Å². The lowest BCUT2D eigenvalue weighted by Gasteiger charge is -2.04. The Morgan fingerprint density at radius 2 is 0.900 bits per heavy atom. The maximum Gasteiger partial charge on any atom is 0.337 e. The maximum absolute atomic E-state index is 10.3. The van der Waals surface area contributed by atoms with E-state index in [1.54, 1.807) is 48.5 Å². The SMILES string of the molecule is C[C@H](N)C(=O)O.Cc1ccc(C(O)C(=O)O)cc1.Cc1ccc(C(O)C(=O)O)cc1. The molecule has 30 heavy (non-hydrogen) atoms. The summed E-state index contributed by atoms with van der Waals surface area (Å²) in [6, 6.07) is 12.8. The molecular weight excluding hydrogens is 394 g/mol. The fourth-order valence-electron chi connectivity index (χ4n) is 1.78. The number of aliphatic carboxylic acids is 3. The van der Waals surface area contributed by atoms with Crippen LogP contribution in [0.25, 0.3) is 0 Å². The van der Waals surface area contributed by atoms with E-state index >= 15 is 0 Å². The Bertz CT molecular complexity index is 754. The largest absolute Gasteiger partial charge is 0.480 e. The van der Waals surface area contributed by atoms with Gasteiger partial charge in [0, 0.05) is 0 Å². The molecule has 2 aromatic carbocycles. The number of carbonyl (C=O) groups is 3. The van der Waals surface area contributed by atoms with Crippen LogP contribution in [0, 0.1) is 13.8 Å². The van der Waals surface area contributed by atoms with Gasteiger partial charge in [0.2, 0.25) is 0 Å². The first-order valence-corrected chi connectivity index (χ1v) is 8.80. The molecule has 164 valence electrons. The topological polar surface area (TPSA) is 178 Å². The lowest BCUT2D eigenvalue weighted by molar-refractivity contribution is -0.147. The smallest absolute Gasteiger partial charge is 0.337 e. The number of aliphatic hydroxyl groups is 2. The minimum atomic E-state index is -1.41. The Labute approximate surface area is 174 Å². The summed E-state index contributed by atoms with van der Waals surface area (Å²) in [5.41, 5.74) is 7.73. The summed E-state index contributed by atoms with van der Waals surface area (Å²) in [4.78, 5) is 30.2. The van der Waals surface area contributed by atoms with Crippen molar-refractivity contribution >= 4 is 17.9 Å². The van der Waals surface area contributed by atoms with Crippen molar-refractivity contribution in [3.8, 4) is 0 Å². The summed E-state index contributed by atoms with van der Waals surface area (Å²) in [5, 5.41) is 43.0. The van der Waals surface area contributed by atoms with Gasteiger partial charge in [-0.15, -0.1) is 0 Å². The molecule has 3 atom stereocenters. The Balaban J connectivity index is 0.000000447. The monoisotopic (exact) mass is 421 g/mol. The number of benzene rings is 2. The second-order valence-electron chi connectivity index (χ2n) is 6.43. The van der Waals surface area contributed by atoms with E-state index < -0.39 is 36.2 Å². The minimum Gasteiger partial charge on any atom is -0.480 e. The molecule has 0 aliphatic carbocycles. The van der Waals surface area contributed by atoms with Crippen LogP contribution in [0.2, 0.25) is 0 Å². The molecule has 0 aliphatic heterocycles. The van der Waals surface area contributed by atoms with E-state index in [-0.39, 0.29) is 0 Å². The van der Waals surface area contributed by atoms with Gasteiger partial charge in [0.25, 0.3) is 0 Å². The van der Waals surface area contributed by atoms with Crippen LogP contribution in [-0.4, -0.2) is 49.5 Å². The third-order valence-electron chi connectivity index (χ3n) is 3.64. The average molecular weight is 421 g/mol. The molecule has 0 spiro atoms. The summed E-state index contributed by atoms with van der Waals surface area (Å²) in [6.07, 6.45) is -2.82. The van der Waals surface area contributed by atoms with Crippen molar-refractivity contribution in [2.45, 2.75) is 39.0 Å². The zero-order valence-corrected chi connectivity index (χ0v) is 16.9. The molecule has 7 N–H and O–H groups in total. The first-order valence-electron chi connectivity index (χ1n) is 8.80. The van der Waals surface area contributed by atoms with Crippen LogP contribution in [0.15, 0.2) is 48.5 Å². The second kappa shape index (κ2) is 13.0. The molecule has 0 bridgehead atoms. The lowest BCUT2D eigenvalue weighted by Crippen LogP contribution is -2.25. The van der Waals surface area contributed by atoms with Crippen molar-refractivity contribution in [1.82, 2.24) is 0 Å². The van der Waals surface area contributed by atoms with Gasteiger partial charge in [0.15, 0.2) is 12.2 Å². The van der Waals surface area contributed by atoms with Gasteiger partial charge in [-0.3, -0.25) is 4.79 Å². The fourth-order valence-corrected chi connectivity index (χ4v) is 1.78. The van der Waals surface area contributed by atoms with Crippen LogP contribution < -0.4 is 5.73 Å². The molecule has 0 aliphatic rings. The van der Waals surface area contributed by atoms with Gasteiger partial charge < -0.3 is 31.3 Å². The molecule has 2 aromatic rings. The highest BCUT2D eigenvalue weighted by Crippen LogP contribution is 2.14. The molecule has 0 fully saturated rings. The third kappa shape index (κ3) is 10.3. The summed E-state index contributed by atoms with van der Waals surface area (Å²) in [5.74, 6) is -3.41. The van der Waals surface area contributed by atoms with Gasteiger partial charge in [-0.2, -0.15) is 0 Å². The van der Waals surface area contributed by atoms with Crippen LogP contribution in [0.3, 0.4) is 0 Å². The van der Waals surface area contributed by atoms with Gasteiger partial charge in [0.1, 0.15) is 6.04 Å². The first-order chi connectivity index (χ1) is 13.9. The predicted molar refractivity (Wildman–Crippen MR) is 109 cm³/mol. The van der Waals surface area contributed by atoms with E-state index in [1.165, 1.54) is 6.92 Å². The number of carboxylic acid groups (broad SMARTS) is 3. The van der Waals surface area contributed by atoms with E-state index in [0.717, 1.165) is 11.1 Å². The van der Waals surface area contributed by atoms with Gasteiger partial charge >= 0.3 is 17.9 Å². The summed E-state index contributed by atoms with van der Waals surface area (Å²) in [6.45, 7) is 5.22. The van der Waals surface area contributed by atoms with Crippen molar-refractivity contribution in [1.29, 1.82) is 0 Å². The summed E-state index contributed by atoms with van der Waals surface area (Å²) in [7, 11) is 0. The number of carboxylic acids is 3. The standard InChI is InChI=1S/2C9H10O3.C3H7NO2/c2*1-6-2-4-7(5-3-6)8(10)9(11)12;1-2(4)3(5)6/h2*2-5,8,10H,1H3,(H,11,12);2H,4H2,1H3,(H,5,6)/t;;2-/m..0/s1. The van der Waals surface area contributed by atoms with Gasteiger partial charge in [-0.05, 0) is 31.9 Å². The summed E-state index contributed by atoms with van der Waals surface area (Å²) >= 11 is 0. The van der Waals surface area contributed by atoms with E-state index in [0.29, 0.717) is 11.1 Å². The third-order valence-corrected chi connectivity index (χ3v) is 3.64. The maximum atomic E-state index is 10.3. The van der Waals surface area contributed by atoms with Crippen LogP contribution in [-0.2, 0) is 14.4 Å². The minimum absolute atomic E-state index is 0.410. The molecule has 0 amide bonds. The summed E-state index contributed by atoms with van der Waals surface area (Å²) < 4.78 is 0. The Kier molecular flexibility index (Phi) is 11.6. The molecule has 0 radical (unpaired) electrons. The first kappa shape index (κ1) is 26.7. The number of aryl methyl sites for hydroxylation is 2. The predicted octanol–water partition coefficient (Wildman–Crippen LogP) is 1.64.